The number of aromatic nitrogens is 1. The van der Waals surface area contributed by atoms with Crippen molar-refractivity contribution in [1.29, 1.82) is 0 Å². The lowest BCUT2D eigenvalue weighted by molar-refractivity contribution is -0.139. The van der Waals surface area contributed by atoms with Gasteiger partial charge in [-0.1, -0.05) is 57.6 Å². The van der Waals surface area contributed by atoms with Crippen LogP contribution >= 0.6 is 27.3 Å². The fraction of sp³-hybridized carbons (Fsp3) is 0.212. The number of ether oxygens (including phenoxy) is 3. The van der Waals surface area contributed by atoms with Crippen molar-refractivity contribution in [3.8, 4) is 11.5 Å². The summed E-state index contributed by atoms with van der Waals surface area (Å²) in [6, 6.07) is 19.5. The van der Waals surface area contributed by atoms with E-state index in [-0.39, 0.29) is 28.2 Å². The first-order valence-electron chi connectivity index (χ1n) is 13.9. The van der Waals surface area contributed by atoms with Crippen molar-refractivity contribution in [2.45, 2.75) is 26.4 Å². The van der Waals surface area contributed by atoms with E-state index in [9.17, 15) is 14.4 Å². The van der Waals surface area contributed by atoms with Crippen molar-refractivity contribution < 1.29 is 23.8 Å². The molecule has 11 heteroatoms. The van der Waals surface area contributed by atoms with Crippen LogP contribution in [-0.2, 0) is 20.9 Å². The monoisotopic (exact) mass is 673 g/mol. The van der Waals surface area contributed by atoms with Gasteiger partial charge in [-0.3, -0.25) is 14.2 Å². The molecule has 0 unspecified atom stereocenters. The highest BCUT2D eigenvalue weighted by Gasteiger charge is 2.38. The van der Waals surface area contributed by atoms with E-state index in [4.69, 9.17) is 14.2 Å². The maximum absolute atomic E-state index is 14.5. The van der Waals surface area contributed by atoms with Crippen LogP contribution < -0.4 is 29.3 Å². The van der Waals surface area contributed by atoms with Crippen LogP contribution in [0.3, 0.4) is 0 Å². The molecule has 224 valence electrons. The van der Waals surface area contributed by atoms with E-state index in [0.29, 0.717) is 45.4 Å². The number of rotatable bonds is 7. The molecule has 44 heavy (non-hydrogen) atoms. The molecule has 0 radical (unpaired) electrons. The Labute approximate surface area is 265 Å². The first-order valence-corrected chi connectivity index (χ1v) is 15.5. The third-order valence-electron chi connectivity index (χ3n) is 7.61. The van der Waals surface area contributed by atoms with Crippen LogP contribution in [0.4, 0.5) is 5.69 Å². The number of benzene rings is 3. The number of methoxy groups -OCH3 is 2. The molecule has 0 spiro atoms. The van der Waals surface area contributed by atoms with Crippen molar-refractivity contribution in [3.63, 3.8) is 0 Å². The summed E-state index contributed by atoms with van der Waals surface area (Å²) in [4.78, 5) is 48.8. The number of hydrogen-bond donors (Lipinski definition) is 0. The number of halogens is 1. The van der Waals surface area contributed by atoms with E-state index in [0.717, 1.165) is 21.4 Å². The second-order valence-electron chi connectivity index (χ2n) is 10.1. The molecular weight excluding hydrogens is 646 g/mol. The number of esters is 1. The van der Waals surface area contributed by atoms with E-state index in [1.807, 2.05) is 48.5 Å². The molecule has 1 amide bonds. The Morgan fingerprint density at radius 2 is 1.80 bits per heavy atom. The Kier molecular flexibility index (Phi) is 8.00. The SMILES string of the molecule is CCOC(=O)C1=C(C)N=c2s/c(=C3\C(=O)N(Cc4ccccc4)c4ccc(Br)cc43)c(=O)n2[C@H]1c1cc(OC)ccc1OC. The molecule has 4 aromatic rings. The fourth-order valence-corrected chi connectivity index (χ4v) is 7.13. The van der Waals surface area contributed by atoms with E-state index in [1.54, 1.807) is 36.9 Å². The highest BCUT2D eigenvalue weighted by atomic mass is 79.9. The lowest BCUT2D eigenvalue weighted by atomic mass is 9.94. The van der Waals surface area contributed by atoms with Gasteiger partial charge in [0.1, 0.15) is 22.1 Å². The normalized spacial score (nSPS) is 16.8. The third kappa shape index (κ3) is 4.95. The second kappa shape index (κ2) is 11.9. The summed E-state index contributed by atoms with van der Waals surface area (Å²) in [5.74, 6) is 0.0848. The highest BCUT2D eigenvalue weighted by Crippen LogP contribution is 2.40. The van der Waals surface area contributed by atoms with Crippen molar-refractivity contribution in [3.05, 3.63) is 119 Å². The molecule has 6 rings (SSSR count). The van der Waals surface area contributed by atoms with Gasteiger partial charge in [-0.2, -0.15) is 0 Å². The van der Waals surface area contributed by atoms with Crippen molar-refractivity contribution in [2.24, 2.45) is 4.99 Å². The van der Waals surface area contributed by atoms with Crippen LogP contribution in [0, 0.1) is 0 Å². The van der Waals surface area contributed by atoms with Gasteiger partial charge < -0.3 is 19.1 Å². The highest BCUT2D eigenvalue weighted by molar-refractivity contribution is 9.10. The number of fused-ring (bicyclic) bond motifs is 2. The molecule has 1 aromatic heterocycles. The molecule has 2 aliphatic rings. The minimum atomic E-state index is -0.941. The summed E-state index contributed by atoms with van der Waals surface area (Å²) in [5, 5.41) is 0. The summed E-state index contributed by atoms with van der Waals surface area (Å²) in [6.45, 7) is 3.91. The first-order chi connectivity index (χ1) is 21.3. The summed E-state index contributed by atoms with van der Waals surface area (Å²) >= 11 is 4.66. The number of allylic oxidation sites excluding steroid dienone is 1. The molecule has 0 aliphatic carbocycles. The maximum Gasteiger partial charge on any atom is 0.338 e. The van der Waals surface area contributed by atoms with Gasteiger partial charge in [0.05, 0.1) is 49.9 Å². The van der Waals surface area contributed by atoms with Gasteiger partial charge >= 0.3 is 5.97 Å². The summed E-state index contributed by atoms with van der Waals surface area (Å²) in [5.41, 5.74) is 3.27. The average molecular weight is 675 g/mol. The van der Waals surface area contributed by atoms with Crippen LogP contribution in [0.5, 0.6) is 11.5 Å². The predicted molar refractivity (Wildman–Crippen MR) is 171 cm³/mol. The Bertz CT molecular complexity index is 2030. The quantitative estimate of drug-likeness (QED) is 0.268. The lowest BCUT2D eigenvalue weighted by Crippen LogP contribution is -2.41. The number of anilines is 1. The number of thiazole rings is 1. The molecule has 0 fully saturated rings. The number of carbonyl (C=O) groups excluding carboxylic acids is 2. The van der Waals surface area contributed by atoms with E-state index < -0.39 is 17.6 Å². The van der Waals surface area contributed by atoms with Crippen molar-refractivity contribution in [2.75, 3.05) is 25.7 Å². The van der Waals surface area contributed by atoms with Gasteiger partial charge in [0, 0.05) is 15.6 Å². The number of amides is 1. The molecule has 1 atom stereocenters. The Morgan fingerprint density at radius 1 is 1.02 bits per heavy atom. The van der Waals surface area contributed by atoms with Gasteiger partial charge in [-0.05, 0) is 55.8 Å². The zero-order valence-electron chi connectivity index (χ0n) is 24.4. The summed E-state index contributed by atoms with van der Waals surface area (Å²) in [7, 11) is 3.06. The largest absolute Gasteiger partial charge is 0.497 e. The van der Waals surface area contributed by atoms with Gasteiger partial charge in [0.25, 0.3) is 11.5 Å². The smallest absolute Gasteiger partial charge is 0.338 e. The third-order valence-corrected chi connectivity index (χ3v) is 9.16. The van der Waals surface area contributed by atoms with Gasteiger partial charge in [0.15, 0.2) is 4.80 Å². The zero-order chi connectivity index (χ0) is 31.1. The standard InChI is InChI=1S/C33H28BrN3O6S/c1-5-43-32(40)26-18(2)35-33-37(28(26)23-16-21(41-3)12-14-25(23)42-4)31(39)29(44-33)27-22-15-20(34)11-13-24(22)36(30(27)38)17-19-9-7-6-8-10-19/h6-16,28H,5,17H2,1-4H3/b29-27-/t28-/m0/s1. The lowest BCUT2D eigenvalue weighted by Gasteiger charge is -2.26. The van der Waals surface area contributed by atoms with Crippen LogP contribution in [-0.4, -0.2) is 37.3 Å². The molecule has 0 N–H and O–H groups in total. The van der Waals surface area contributed by atoms with Gasteiger partial charge in [-0.25, -0.2) is 9.79 Å². The predicted octanol–water partition coefficient (Wildman–Crippen LogP) is 4.50. The molecule has 0 bridgehead atoms. The molecule has 3 heterocycles. The fourth-order valence-electron chi connectivity index (χ4n) is 5.64. The minimum Gasteiger partial charge on any atom is -0.497 e. The Morgan fingerprint density at radius 3 is 2.50 bits per heavy atom. The number of hydrogen-bond acceptors (Lipinski definition) is 8. The van der Waals surface area contributed by atoms with E-state index >= 15 is 0 Å². The summed E-state index contributed by atoms with van der Waals surface area (Å²) in [6.07, 6.45) is 0. The van der Waals surface area contributed by atoms with Crippen LogP contribution in [0.25, 0.3) is 5.57 Å². The molecule has 0 saturated carbocycles. The molecule has 0 saturated heterocycles. The Balaban J connectivity index is 1.63. The van der Waals surface area contributed by atoms with E-state index in [1.165, 1.54) is 18.8 Å². The molecule has 2 aliphatic heterocycles. The van der Waals surface area contributed by atoms with Crippen LogP contribution in [0.1, 0.15) is 36.6 Å². The minimum absolute atomic E-state index is 0.142. The second-order valence-corrected chi connectivity index (χ2v) is 12.0. The topological polar surface area (TPSA) is 99.4 Å². The Hall–Kier alpha value is -4.48. The molecule has 3 aromatic carbocycles. The van der Waals surface area contributed by atoms with Gasteiger partial charge in [-0.15, -0.1) is 0 Å². The average Bonchev–Trinajstić information content (AvgIpc) is 3.47. The number of nitrogens with zero attached hydrogens (tertiary/aromatic N) is 3. The molecular formula is C33H28BrN3O6S. The zero-order valence-corrected chi connectivity index (χ0v) is 26.8. The van der Waals surface area contributed by atoms with Crippen molar-refractivity contribution in [1.82, 2.24) is 4.57 Å². The van der Waals surface area contributed by atoms with Crippen molar-refractivity contribution >= 4 is 50.4 Å². The van der Waals surface area contributed by atoms with E-state index in [2.05, 4.69) is 20.9 Å². The van der Waals surface area contributed by atoms with Gasteiger partial charge in [0.2, 0.25) is 0 Å². The first kappa shape index (κ1) is 29.6. The van der Waals surface area contributed by atoms with Crippen LogP contribution in [0.15, 0.2) is 92.3 Å². The van der Waals surface area contributed by atoms with Crippen LogP contribution in [0.2, 0.25) is 0 Å². The molecule has 9 nitrogen and oxygen atoms in total. The number of carbonyl (C=O) groups is 2. The maximum atomic E-state index is 14.5. The summed E-state index contributed by atoms with van der Waals surface area (Å²) < 4.78 is 19.1.